The van der Waals surface area contributed by atoms with Gasteiger partial charge >= 0.3 is 0 Å². The summed E-state index contributed by atoms with van der Waals surface area (Å²) in [5.74, 6) is 0.499. The predicted molar refractivity (Wildman–Crippen MR) is 71.9 cm³/mol. The Labute approximate surface area is 115 Å². The monoisotopic (exact) mass is 291 g/mol. The second-order valence-electron chi connectivity index (χ2n) is 4.24. The van der Waals surface area contributed by atoms with Crippen LogP contribution in [0.15, 0.2) is 4.79 Å². The zero-order chi connectivity index (χ0) is 13.1. The maximum absolute atomic E-state index is 11.9. The molecule has 1 saturated heterocycles. The van der Waals surface area contributed by atoms with E-state index in [1.54, 1.807) is 0 Å². The first-order chi connectivity index (χ1) is 8.58. The van der Waals surface area contributed by atoms with E-state index in [1.165, 1.54) is 0 Å². The first-order valence-corrected chi connectivity index (χ1v) is 6.65. The summed E-state index contributed by atoms with van der Waals surface area (Å²) in [5, 5.41) is 0.0763. The molecule has 1 fully saturated rings. The number of nitrogens with zero attached hydrogens (tertiary/aromatic N) is 2. The SMILES string of the molecule is CC(Cl)Cc1c(Cl)nc(N2CCOCC2)[nH]c1=O. The maximum Gasteiger partial charge on any atom is 0.257 e. The number of ether oxygens (including phenoxy) is 1. The standard InChI is InChI=1S/C11H15Cl2N3O2/c1-7(12)6-8-9(13)14-11(15-10(8)17)16-2-4-18-5-3-16/h7H,2-6H2,1H3,(H,14,15,17). The third kappa shape index (κ3) is 3.16. The van der Waals surface area contributed by atoms with Gasteiger partial charge in [0, 0.05) is 18.5 Å². The number of aromatic nitrogens is 2. The van der Waals surface area contributed by atoms with Gasteiger partial charge < -0.3 is 9.64 Å². The number of morpholine rings is 1. The van der Waals surface area contributed by atoms with Crippen LogP contribution in [0.2, 0.25) is 5.15 Å². The zero-order valence-corrected chi connectivity index (χ0v) is 11.6. The van der Waals surface area contributed by atoms with Crippen LogP contribution < -0.4 is 10.5 Å². The minimum Gasteiger partial charge on any atom is -0.378 e. The molecule has 0 aromatic carbocycles. The quantitative estimate of drug-likeness (QED) is 0.676. The summed E-state index contributed by atoms with van der Waals surface area (Å²) in [7, 11) is 0. The van der Waals surface area contributed by atoms with Gasteiger partial charge in [0.2, 0.25) is 5.95 Å². The Kier molecular flexibility index (Phi) is 4.48. The Bertz CT molecular complexity index is 470. The molecule has 0 spiro atoms. The third-order valence-corrected chi connectivity index (χ3v) is 3.22. The van der Waals surface area contributed by atoms with Crippen LogP contribution in [0.1, 0.15) is 12.5 Å². The summed E-state index contributed by atoms with van der Waals surface area (Å²) in [6, 6.07) is 0. The highest BCUT2D eigenvalue weighted by Crippen LogP contribution is 2.16. The molecule has 5 nitrogen and oxygen atoms in total. The van der Waals surface area contributed by atoms with E-state index in [9.17, 15) is 4.79 Å². The van der Waals surface area contributed by atoms with Gasteiger partial charge in [0.05, 0.1) is 18.8 Å². The van der Waals surface area contributed by atoms with Crippen molar-refractivity contribution >= 4 is 29.2 Å². The van der Waals surface area contributed by atoms with Crippen molar-refractivity contribution in [1.29, 1.82) is 0 Å². The van der Waals surface area contributed by atoms with Crippen LogP contribution in [0.4, 0.5) is 5.95 Å². The highest BCUT2D eigenvalue weighted by molar-refractivity contribution is 6.30. The fourth-order valence-electron chi connectivity index (χ4n) is 1.84. The van der Waals surface area contributed by atoms with E-state index in [0.717, 1.165) is 0 Å². The molecule has 1 aromatic rings. The van der Waals surface area contributed by atoms with Crippen molar-refractivity contribution in [3.05, 3.63) is 21.1 Å². The molecule has 1 atom stereocenters. The third-order valence-electron chi connectivity index (χ3n) is 2.75. The molecular formula is C11H15Cl2N3O2. The molecule has 2 rings (SSSR count). The maximum atomic E-state index is 11.9. The lowest BCUT2D eigenvalue weighted by Crippen LogP contribution is -2.38. The average molecular weight is 292 g/mol. The molecule has 7 heteroatoms. The number of halogens is 2. The second-order valence-corrected chi connectivity index (χ2v) is 5.35. The zero-order valence-electron chi connectivity index (χ0n) is 10.1. The number of hydrogen-bond acceptors (Lipinski definition) is 4. The van der Waals surface area contributed by atoms with E-state index < -0.39 is 0 Å². The Morgan fingerprint density at radius 2 is 2.17 bits per heavy atom. The molecule has 0 radical (unpaired) electrons. The fraction of sp³-hybridized carbons (Fsp3) is 0.636. The van der Waals surface area contributed by atoms with Crippen molar-refractivity contribution in [2.45, 2.75) is 18.7 Å². The molecule has 0 bridgehead atoms. The van der Waals surface area contributed by atoms with Crippen LogP contribution in [0.25, 0.3) is 0 Å². The first kappa shape index (κ1) is 13.6. The van der Waals surface area contributed by atoms with Crippen molar-refractivity contribution in [3.63, 3.8) is 0 Å². The molecule has 1 unspecified atom stereocenters. The van der Waals surface area contributed by atoms with Gasteiger partial charge in [-0.15, -0.1) is 11.6 Å². The summed E-state index contributed by atoms with van der Waals surface area (Å²) in [6.07, 6.45) is 0.409. The van der Waals surface area contributed by atoms with Crippen molar-refractivity contribution in [1.82, 2.24) is 9.97 Å². The minimum absolute atomic E-state index is 0.153. The topological polar surface area (TPSA) is 58.2 Å². The van der Waals surface area contributed by atoms with Crippen LogP contribution in [0.3, 0.4) is 0 Å². The molecule has 0 saturated carbocycles. The van der Waals surface area contributed by atoms with E-state index in [4.69, 9.17) is 27.9 Å². The smallest absolute Gasteiger partial charge is 0.257 e. The number of H-pyrrole nitrogens is 1. The number of rotatable bonds is 3. The summed E-state index contributed by atoms with van der Waals surface area (Å²) in [5.41, 5.74) is 0.222. The van der Waals surface area contributed by atoms with Crippen LogP contribution in [0.5, 0.6) is 0 Å². The molecule has 100 valence electrons. The lowest BCUT2D eigenvalue weighted by atomic mass is 10.2. The number of alkyl halides is 1. The highest BCUT2D eigenvalue weighted by Gasteiger charge is 2.17. The van der Waals surface area contributed by atoms with Gasteiger partial charge in [0.15, 0.2) is 0 Å². The number of hydrogen-bond donors (Lipinski definition) is 1. The van der Waals surface area contributed by atoms with E-state index >= 15 is 0 Å². The van der Waals surface area contributed by atoms with Crippen LogP contribution in [-0.4, -0.2) is 41.6 Å². The molecule has 2 heterocycles. The van der Waals surface area contributed by atoms with Gasteiger partial charge in [-0.25, -0.2) is 4.98 Å². The van der Waals surface area contributed by atoms with Crippen molar-refractivity contribution in [2.24, 2.45) is 0 Å². The second kappa shape index (κ2) is 5.91. The first-order valence-electron chi connectivity index (χ1n) is 5.83. The molecule has 18 heavy (non-hydrogen) atoms. The Morgan fingerprint density at radius 3 is 2.72 bits per heavy atom. The fourth-order valence-corrected chi connectivity index (χ4v) is 2.24. The number of anilines is 1. The van der Waals surface area contributed by atoms with Crippen molar-refractivity contribution in [3.8, 4) is 0 Å². The Balaban J connectivity index is 2.27. The summed E-state index contributed by atoms with van der Waals surface area (Å²) >= 11 is 11.9. The highest BCUT2D eigenvalue weighted by atomic mass is 35.5. The van der Waals surface area contributed by atoms with E-state index in [0.29, 0.717) is 44.2 Å². The predicted octanol–water partition coefficient (Wildman–Crippen LogP) is 1.43. The lowest BCUT2D eigenvalue weighted by Gasteiger charge is -2.27. The van der Waals surface area contributed by atoms with Gasteiger partial charge in [-0.3, -0.25) is 9.78 Å². The van der Waals surface area contributed by atoms with Gasteiger partial charge in [-0.1, -0.05) is 11.6 Å². The molecule has 1 N–H and O–H groups in total. The van der Waals surface area contributed by atoms with Crippen molar-refractivity contribution < 1.29 is 4.74 Å². The summed E-state index contributed by atoms with van der Waals surface area (Å²) in [4.78, 5) is 20.9. The molecule has 1 aromatic heterocycles. The minimum atomic E-state index is -0.219. The van der Waals surface area contributed by atoms with Crippen LogP contribution in [-0.2, 0) is 11.2 Å². The van der Waals surface area contributed by atoms with Crippen molar-refractivity contribution in [2.75, 3.05) is 31.2 Å². The van der Waals surface area contributed by atoms with E-state index in [2.05, 4.69) is 9.97 Å². The van der Waals surface area contributed by atoms with Gasteiger partial charge in [0.1, 0.15) is 5.15 Å². The molecule has 0 aliphatic carbocycles. The molecule has 1 aliphatic rings. The van der Waals surface area contributed by atoms with Gasteiger partial charge in [-0.05, 0) is 13.3 Å². The van der Waals surface area contributed by atoms with Gasteiger partial charge in [-0.2, -0.15) is 0 Å². The Hall–Kier alpha value is -0.780. The van der Waals surface area contributed by atoms with E-state index in [1.807, 2.05) is 11.8 Å². The summed E-state index contributed by atoms with van der Waals surface area (Å²) in [6.45, 7) is 4.46. The van der Waals surface area contributed by atoms with Crippen LogP contribution in [0, 0.1) is 0 Å². The summed E-state index contributed by atoms with van der Waals surface area (Å²) < 4.78 is 5.25. The lowest BCUT2D eigenvalue weighted by molar-refractivity contribution is 0.122. The Morgan fingerprint density at radius 1 is 1.50 bits per heavy atom. The average Bonchev–Trinajstić information content (AvgIpc) is 2.34. The van der Waals surface area contributed by atoms with E-state index in [-0.39, 0.29) is 16.1 Å². The number of aromatic amines is 1. The molecule has 0 amide bonds. The molecule has 1 aliphatic heterocycles. The molecular weight excluding hydrogens is 277 g/mol. The largest absolute Gasteiger partial charge is 0.378 e. The normalized spacial score (nSPS) is 17.8. The van der Waals surface area contributed by atoms with Crippen LogP contribution >= 0.6 is 23.2 Å². The number of nitrogens with one attached hydrogen (secondary N) is 1. The van der Waals surface area contributed by atoms with Gasteiger partial charge in [0.25, 0.3) is 5.56 Å².